The fourth-order valence-electron chi connectivity index (χ4n) is 6.25. The van der Waals surface area contributed by atoms with Gasteiger partial charge in [-0.1, -0.05) is 48.5 Å². The average Bonchev–Trinajstić information content (AvgIpc) is 3.38. The maximum atomic E-state index is 12.6. The largest absolute Gasteiger partial charge is 0.467 e. The Morgan fingerprint density at radius 2 is 1.06 bits per heavy atom. The maximum Gasteiger partial charge on any atom is 0.408 e. The molecule has 2 heterocycles. The molecule has 274 valence electrons. The van der Waals surface area contributed by atoms with Crippen molar-refractivity contribution in [3.8, 4) is 11.1 Å². The molecule has 1 aliphatic carbocycles. The number of alkyl carbamates (subject to hydrolysis) is 2. The summed E-state index contributed by atoms with van der Waals surface area (Å²) in [5.41, 5.74) is 0.972. The van der Waals surface area contributed by atoms with E-state index in [2.05, 4.69) is 15.4 Å². The van der Waals surface area contributed by atoms with E-state index in [1.165, 1.54) is 14.2 Å². The second kappa shape index (κ2) is 15.0. The van der Waals surface area contributed by atoms with Gasteiger partial charge in [0.05, 0.1) is 37.2 Å². The van der Waals surface area contributed by atoms with Gasteiger partial charge in [-0.15, -0.1) is 0 Å². The van der Waals surface area contributed by atoms with Gasteiger partial charge in [-0.25, -0.2) is 36.0 Å². The highest BCUT2D eigenvalue weighted by molar-refractivity contribution is 7.91. The van der Waals surface area contributed by atoms with E-state index >= 15 is 0 Å². The Morgan fingerprint density at radius 3 is 1.44 bits per heavy atom. The number of ether oxygens (including phenoxy) is 4. The van der Waals surface area contributed by atoms with Crippen molar-refractivity contribution in [2.24, 2.45) is 0 Å². The van der Waals surface area contributed by atoms with E-state index in [4.69, 9.17) is 14.2 Å². The molecule has 0 bridgehead atoms. The van der Waals surface area contributed by atoms with Crippen LogP contribution in [0.3, 0.4) is 0 Å². The van der Waals surface area contributed by atoms with Crippen LogP contribution in [-0.4, -0.2) is 101 Å². The van der Waals surface area contributed by atoms with Crippen LogP contribution < -0.4 is 10.6 Å². The Balaban J connectivity index is 0.000000246. The van der Waals surface area contributed by atoms with Gasteiger partial charge in [-0.2, -0.15) is 0 Å². The predicted octanol–water partition coefficient (Wildman–Crippen LogP) is 3.28. The summed E-state index contributed by atoms with van der Waals surface area (Å²) in [5.74, 6) is -2.14. The maximum absolute atomic E-state index is 12.6. The molecule has 2 aromatic rings. The van der Waals surface area contributed by atoms with E-state index in [-0.39, 0.29) is 61.2 Å². The third-order valence-corrected chi connectivity index (χ3v) is 12.2. The molecule has 5 rings (SSSR count). The average molecular weight is 737 g/mol. The number of fused-ring (bicyclic) bond motifs is 3. The van der Waals surface area contributed by atoms with Crippen LogP contribution in [0.5, 0.6) is 0 Å². The zero-order chi connectivity index (χ0) is 37.0. The first kappa shape index (κ1) is 38.6. The fourth-order valence-corrected chi connectivity index (χ4v) is 9.30. The van der Waals surface area contributed by atoms with Crippen molar-refractivity contribution >= 4 is 43.8 Å². The summed E-state index contributed by atoms with van der Waals surface area (Å²) in [4.78, 5) is 48.7. The Hall–Kier alpha value is -4.18. The first-order chi connectivity index (χ1) is 23.3. The summed E-state index contributed by atoms with van der Waals surface area (Å²) in [7, 11) is -3.98. The molecular formula is C34H44N2O12S2. The number of sulfone groups is 2. The summed E-state index contributed by atoms with van der Waals surface area (Å²) in [6, 6.07) is 16.0. The third kappa shape index (κ3) is 9.13. The molecule has 3 aliphatic rings. The number of amides is 2. The van der Waals surface area contributed by atoms with Crippen molar-refractivity contribution < 1.29 is 55.0 Å². The van der Waals surface area contributed by atoms with Crippen LogP contribution in [0.2, 0.25) is 0 Å². The molecule has 2 N–H and O–H groups in total. The molecule has 0 aromatic heterocycles. The van der Waals surface area contributed by atoms with Gasteiger partial charge in [0.2, 0.25) is 0 Å². The highest BCUT2D eigenvalue weighted by Crippen LogP contribution is 2.44. The third-order valence-electron chi connectivity index (χ3n) is 8.94. The van der Waals surface area contributed by atoms with E-state index < -0.39 is 60.5 Å². The van der Waals surface area contributed by atoms with Crippen molar-refractivity contribution in [2.45, 2.75) is 69.1 Å². The number of esters is 2. The van der Waals surface area contributed by atoms with Crippen molar-refractivity contribution in [1.29, 1.82) is 0 Å². The number of carbonyl (C=O) groups is 4. The predicted molar refractivity (Wildman–Crippen MR) is 183 cm³/mol. The Kier molecular flexibility index (Phi) is 11.6. The fraction of sp³-hybridized carbons (Fsp3) is 0.529. The number of rotatable bonds is 6. The number of hydrogen-bond acceptors (Lipinski definition) is 12. The second-order valence-electron chi connectivity index (χ2n) is 13.5. The molecule has 2 saturated heterocycles. The van der Waals surface area contributed by atoms with Gasteiger partial charge < -0.3 is 29.6 Å². The molecular weight excluding hydrogens is 693 g/mol. The lowest BCUT2D eigenvalue weighted by molar-refractivity contribution is -0.149. The van der Waals surface area contributed by atoms with Gasteiger partial charge in [0.15, 0.2) is 19.7 Å². The van der Waals surface area contributed by atoms with E-state index in [9.17, 15) is 36.0 Å². The summed E-state index contributed by atoms with van der Waals surface area (Å²) in [5, 5.41) is 5.07. The van der Waals surface area contributed by atoms with Crippen molar-refractivity contribution in [3.63, 3.8) is 0 Å². The van der Waals surface area contributed by atoms with E-state index in [1.54, 1.807) is 20.8 Å². The molecule has 0 atom stereocenters. The lowest BCUT2D eigenvalue weighted by Crippen LogP contribution is -2.59. The standard InChI is InChI=1S/C22H23NO6S.C12H21NO6S/c1-28-20(24)22(10-12-30(26,27)13-11-22)23-21(25)29-14-19-17-8-4-2-6-15(17)16-7-3-5-9-18(16)19;1-11(2,3)19-10(15)13-12(9(14)18-4)5-7-20(16,17)8-6-12/h2-9,19H,10-14H2,1H3,(H,23,25);5-8H2,1-4H3,(H,13,15). The number of nitrogens with one attached hydrogen (secondary N) is 2. The smallest absolute Gasteiger partial charge is 0.408 e. The normalized spacial score (nSPS) is 19.5. The van der Waals surface area contributed by atoms with Gasteiger partial charge >= 0.3 is 24.1 Å². The topological polar surface area (TPSA) is 198 Å². The highest BCUT2D eigenvalue weighted by atomic mass is 32.2. The Bertz CT molecular complexity index is 1760. The second-order valence-corrected chi connectivity index (χ2v) is 18.1. The quantitative estimate of drug-likeness (QED) is 0.325. The molecule has 2 aromatic carbocycles. The van der Waals surface area contributed by atoms with Crippen LogP contribution in [0.25, 0.3) is 11.1 Å². The van der Waals surface area contributed by atoms with Crippen molar-refractivity contribution in [3.05, 3.63) is 59.7 Å². The van der Waals surface area contributed by atoms with Crippen LogP contribution in [0.15, 0.2) is 48.5 Å². The van der Waals surface area contributed by atoms with Gasteiger partial charge in [-0.05, 0) is 68.7 Å². The van der Waals surface area contributed by atoms with Gasteiger partial charge in [0.1, 0.15) is 23.3 Å². The summed E-state index contributed by atoms with van der Waals surface area (Å²) < 4.78 is 66.6. The summed E-state index contributed by atoms with van der Waals surface area (Å²) >= 11 is 0. The molecule has 0 unspecified atom stereocenters. The molecule has 2 aliphatic heterocycles. The van der Waals surface area contributed by atoms with Gasteiger partial charge in [-0.3, -0.25) is 0 Å². The monoisotopic (exact) mass is 736 g/mol. The Morgan fingerprint density at radius 1 is 0.680 bits per heavy atom. The minimum Gasteiger partial charge on any atom is -0.467 e. The van der Waals surface area contributed by atoms with Crippen LogP contribution in [0.1, 0.15) is 63.5 Å². The molecule has 0 spiro atoms. The van der Waals surface area contributed by atoms with E-state index in [1.807, 2.05) is 48.5 Å². The minimum absolute atomic E-state index is 0.0126. The number of hydrogen-bond donors (Lipinski definition) is 2. The lowest BCUT2D eigenvalue weighted by atomic mass is 9.92. The first-order valence-electron chi connectivity index (χ1n) is 16.1. The van der Waals surface area contributed by atoms with Crippen molar-refractivity contribution in [1.82, 2.24) is 10.6 Å². The molecule has 16 heteroatoms. The first-order valence-corrected chi connectivity index (χ1v) is 19.7. The van der Waals surface area contributed by atoms with Crippen LogP contribution >= 0.6 is 0 Å². The minimum atomic E-state index is -3.22. The summed E-state index contributed by atoms with van der Waals surface area (Å²) in [6.45, 7) is 5.20. The van der Waals surface area contributed by atoms with Gasteiger partial charge in [0.25, 0.3) is 0 Å². The van der Waals surface area contributed by atoms with E-state index in [0.29, 0.717) is 0 Å². The number of benzene rings is 2. The molecule has 2 amide bonds. The lowest BCUT2D eigenvalue weighted by Gasteiger charge is -2.35. The van der Waals surface area contributed by atoms with Crippen molar-refractivity contribution in [2.75, 3.05) is 43.8 Å². The summed E-state index contributed by atoms with van der Waals surface area (Å²) in [6.07, 6.45) is -1.62. The molecule has 0 saturated carbocycles. The highest BCUT2D eigenvalue weighted by Gasteiger charge is 2.47. The number of methoxy groups -OCH3 is 2. The van der Waals surface area contributed by atoms with E-state index in [0.717, 1.165) is 22.3 Å². The SMILES string of the molecule is COC(=O)C1(NC(=O)OC(C)(C)C)CCS(=O)(=O)CC1.COC(=O)C1(NC(=O)OCC2c3ccccc3-c3ccccc32)CCS(=O)(=O)CC1. The Labute approximate surface area is 292 Å². The molecule has 14 nitrogen and oxygen atoms in total. The van der Waals surface area contributed by atoms with Gasteiger partial charge in [0, 0.05) is 5.92 Å². The zero-order valence-electron chi connectivity index (χ0n) is 28.8. The van der Waals surface area contributed by atoms with Crippen LogP contribution in [0.4, 0.5) is 9.59 Å². The van der Waals surface area contributed by atoms with Crippen LogP contribution in [-0.2, 0) is 48.2 Å². The van der Waals surface area contributed by atoms with Crippen LogP contribution in [0, 0.1) is 0 Å². The molecule has 2 fully saturated rings. The zero-order valence-corrected chi connectivity index (χ0v) is 30.4. The molecule has 0 radical (unpaired) electrons. The molecule has 50 heavy (non-hydrogen) atoms. The number of carbonyl (C=O) groups excluding carboxylic acids is 4.